The molecule has 108 valence electrons. The zero-order valence-corrected chi connectivity index (χ0v) is 11.2. The van der Waals surface area contributed by atoms with Gasteiger partial charge in [-0.1, -0.05) is 17.7 Å². The highest BCUT2D eigenvalue weighted by Crippen LogP contribution is 2.37. The van der Waals surface area contributed by atoms with Crippen molar-refractivity contribution in [1.82, 2.24) is 9.97 Å². The van der Waals surface area contributed by atoms with Gasteiger partial charge >= 0.3 is 12.3 Å². The first-order chi connectivity index (χ1) is 9.28. The number of hydrogen-bond acceptors (Lipinski definition) is 3. The van der Waals surface area contributed by atoms with Gasteiger partial charge in [0.15, 0.2) is 0 Å². The molecule has 0 fully saturated rings. The van der Waals surface area contributed by atoms with Crippen LogP contribution in [-0.4, -0.2) is 23.5 Å². The van der Waals surface area contributed by atoms with Crippen LogP contribution in [-0.2, 0) is 5.92 Å². The van der Waals surface area contributed by atoms with Gasteiger partial charge < -0.3 is 4.74 Å². The Kier molecular flexibility index (Phi) is 3.73. The third-order valence-electron chi connectivity index (χ3n) is 2.77. The van der Waals surface area contributed by atoms with E-state index in [1.165, 1.54) is 13.2 Å². The van der Waals surface area contributed by atoms with Crippen LogP contribution in [0.2, 0.25) is 5.15 Å². The molecule has 2 rings (SSSR count). The molecular formula is C12H9ClF4N2O. The first kappa shape index (κ1) is 14.8. The summed E-state index contributed by atoms with van der Waals surface area (Å²) in [5.74, 6) is -5.65. The molecule has 0 saturated carbocycles. The maximum Gasteiger partial charge on any atom is 0.365 e. The smallest absolute Gasteiger partial charge is 0.365 e. The van der Waals surface area contributed by atoms with Gasteiger partial charge in [0.1, 0.15) is 16.4 Å². The predicted molar refractivity (Wildman–Crippen MR) is 65.7 cm³/mol. The van der Waals surface area contributed by atoms with Crippen LogP contribution in [0.5, 0.6) is 5.75 Å². The fourth-order valence-electron chi connectivity index (χ4n) is 1.74. The normalized spacial score (nSPS) is 12.2. The van der Waals surface area contributed by atoms with Crippen LogP contribution in [0.4, 0.5) is 17.6 Å². The molecule has 2 aromatic rings. The SMILES string of the molecule is COc1ccc(C)c2c(Cl)nc(C(F)(F)C(F)F)nc12. The molecule has 0 aliphatic rings. The quantitative estimate of drug-likeness (QED) is 0.636. The van der Waals surface area contributed by atoms with Crippen LogP contribution in [0.3, 0.4) is 0 Å². The van der Waals surface area contributed by atoms with Gasteiger partial charge in [0.05, 0.1) is 7.11 Å². The number of benzene rings is 1. The number of nitrogens with zero attached hydrogens (tertiary/aromatic N) is 2. The molecule has 0 radical (unpaired) electrons. The summed E-state index contributed by atoms with van der Waals surface area (Å²) in [6.07, 6.45) is -3.92. The Morgan fingerprint density at radius 3 is 2.45 bits per heavy atom. The van der Waals surface area contributed by atoms with Gasteiger partial charge in [-0.05, 0) is 18.6 Å². The van der Waals surface area contributed by atoms with Crippen LogP contribution < -0.4 is 4.74 Å². The maximum atomic E-state index is 13.3. The summed E-state index contributed by atoms with van der Waals surface area (Å²) in [5, 5.41) is -0.0263. The molecule has 0 saturated heterocycles. The van der Waals surface area contributed by atoms with E-state index in [0.29, 0.717) is 10.9 Å². The molecule has 0 amide bonds. The lowest BCUT2D eigenvalue weighted by Gasteiger charge is -2.16. The molecule has 1 heterocycles. The molecule has 0 spiro atoms. The molecule has 0 N–H and O–H groups in total. The van der Waals surface area contributed by atoms with Crippen molar-refractivity contribution in [3.63, 3.8) is 0 Å². The predicted octanol–water partition coefficient (Wildman–Crippen LogP) is 3.96. The molecule has 1 aromatic carbocycles. The lowest BCUT2D eigenvalue weighted by atomic mass is 10.1. The monoisotopic (exact) mass is 308 g/mol. The van der Waals surface area contributed by atoms with Crippen LogP contribution in [0.15, 0.2) is 12.1 Å². The van der Waals surface area contributed by atoms with Crippen LogP contribution >= 0.6 is 11.6 Å². The molecule has 0 aliphatic heterocycles. The average molecular weight is 309 g/mol. The number of aromatic nitrogens is 2. The van der Waals surface area contributed by atoms with Crippen molar-refractivity contribution in [2.75, 3.05) is 7.11 Å². The first-order valence-electron chi connectivity index (χ1n) is 5.46. The Labute approximate surface area is 116 Å². The Bertz CT molecular complexity index is 663. The van der Waals surface area contributed by atoms with E-state index >= 15 is 0 Å². The summed E-state index contributed by atoms with van der Waals surface area (Å²) in [6, 6.07) is 3.13. The highest BCUT2D eigenvalue weighted by molar-refractivity contribution is 6.34. The molecule has 1 aromatic heterocycles. The number of aryl methyl sites for hydroxylation is 1. The van der Waals surface area contributed by atoms with E-state index < -0.39 is 18.2 Å². The fraction of sp³-hybridized carbons (Fsp3) is 0.333. The first-order valence-corrected chi connectivity index (χ1v) is 5.84. The molecular weight excluding hydrogens is 300 g/mol. The molecule has 0 aliphatic carbocycles. The standard InChI is InChI=1S/C12H9ClF4N2O/c1-5-3-4-6(20-2)8-7(5)9(13)19-11(18-8)12(16,17)10(14)15/h3-4,10H,1-2H3. The van der Waals surface area contributed by atoms with Gasteiger partial charge in [-0.15, -0.1) is 0 Å². The van der Waals surface area contributed by atoms with E-state index in [0.717, 1.165) is 0 Å². The summed E-state index contributed by atoms with van der Waals surface area (Å²) in [4.78, 5) is 6.81. The minimum atomic E-state index is -4.48. The minimum absolute atomic E-state index is 0.0252. The summed E-state index contributed by atoms with van der Waals surface area (Å²) >= 11 is 5.82. The van der Waals surface area contributed by atoms with Crippen molar-refractivity contribution >= 4 is 22.5 Å². The van der Waals surface area contributed by atoms with Gasteiger partial charge in [-0.25, -0.2) is 18.7 Å². The summed E-state index contributed by atoms with van der Waals surface area (Å²) < 4.78 is 56.5. The molecule has 8 heteroatoms. The van der Waals surface area contributed by atoms with Crippen molar-refractivity contribution < 1.29 is 22.3 Å². The minimum Gasteiger partial charge on any atom is -0.494 e. The van der Waals surface area contributed by atoms with E-state index in [2.05, 4.69) is 9.97 Å². The largest absolute Gasteiger partial charge is 0.494 e. The van der Waals surface area contributed by atoms with Crippen molar-refractivity contribution in [1.29, 1.82) is 0 Å². The number of hydrogen-bond donors (Lipinski definition) is 0. The van der Waals surface area contributed by atoms with E-state index in [1.807, 2.05) is 0 Å². The van der Waals surface area contributed by atoms with Gasteiger partial charge in [0, 0.05) is 5.39 Å². The van der Waals surface area contributed by atoms with Gasteiger partial charge in [-0.3, -0.25) is 0 Å². The lowest BCUT2D eigenvalue weighted by Crippen LogP contribution is -2.26. The molecule has 0 unspecified atom stereocenters. The number of halogens is 5. The Balaban J connectivity index is 2.80. The summed E-state index contributed by atoms with van der Waals surface area (Å²) in [6.45, 7) is 1.67. The van der Waals surface area contributed by atoms with E-state index in [9.17, 15) is 17.6 Å². The lowest BCUT2D eigenvalue weighted by molar-refractivity contribution is -0.140. The second-order valence-corrected chi connectivity index (χ2v) is 4.43. The van der Waals surface area contributed by atoms with Gasteiger partial charge in [0.2, 0.25) is 5.82 Å². The third kappa shape index (κ3) is 2.26. The molecule has 0 atom stereocenters. The second-order valence-electron chi connectivity index (χ2n) is 4.07. The highest BCUT2D eigenvalue weighted by Gasteiger charge is 2.46. The topological polar surface area (TPSA) is 35.0 Å². The zero-order valence-electron chi connectivity index (χ0n) is 10.4. The number of rotatable bonds is 3. The van der Waals surface area contributed by atoms with E-state index in [-0.39, 0.29) is 16.4 Å². The molecule has 0 bridgehead atoms. The van der Waals surface area contributed by atoms with Crippen LogP contribution in [0, 0.1) is 6.92 Å². The summed E-state index contributed by atoms with van der Waals surface area (Å²) in [7, 11) is 1.31. The van der Waals surface area contributed by atoms with Gasteiger partial charge in [0.25, 0.3) is 0 Å². The van der Waals surface area contributed by atoms with Crippen molar-refractivity contribution in [2.24, 2.45) is 0 Å². The van der Waals surface area contributed by atoms with Crippen LogP contribution in [0.25, 0.3) is 10.9 Å². The average Bonchev–Trinajstić information content (AvgIpc) is 2.38. The fourth-order valence-corrected chi connectivity index (χ4v) is 2.05. The Hall–Kier alpha value is -1.63. The maximum absolute atomic E-state index is 13.3. The Morgan fingerprint density at radius 1 is 1.25 bits per heavy atom. The Morgan fingerprint density at radius 2 is 1.90 bits per heavy atom. The van der Waals surface area contributed by atoms with E-state index in [1.54, 1.807) is 13.0 Å². The molecule has 3 nitrogen and oxygen atoms in total. The van der Waals surface area contributed by atoms with Crippen LogP contribution in [0.1, 0.15) is 11.4 Å². The third-order valence-corrected chi connectivity index (χ3v) is 3.04. The number of alkyl halides is 4. The zero-order chi connectivity index (χ0) is 15.1. The van der Waals surface area contributed by atoms with E-state index in [4.69, 9.17) is 16.3 Å². The second kappa shape index (κ2) is 5.05. The highest BCUT2D eigenvalue weighted by atomic mass is 35.5. The van der Waals surface area contributed by atoms with Crippen molar-refractivity contribution in [3.05, 3.63) is 28.7 Å². The number of methoxy groups -OCH3 is 1. The van der Waals surface area contributed by atoms with Gasteiger partial charge in [-0.2, -0.15) is 8.78 Å². The number of ether oxygens (including phenoxy) is 1. The number of fused-ring (bicyclic) bond motifs is 1. The molecule has 20 heavy (non-hydrogen) atoms. The summed E-state index contributed by atoms with van der Waals surface area (Å²) in [5.41, 5.74) is 0.598. The van der Waals surface area contributed by atoms with Crippen molar-refractivity contribution in [3.8, 4) is 5.75 Å². The van der Waals surface area contributed by atoms with Crippen molar-refractivity contribution in [2.45, 2.75) is 19.3 Å².